The number of pyridine rings is 1. The van der Waals surface area contributed by atoms with E-state index >= 15 is 0 Å². The number of rotatable bonds is 3. The first-order valence-corrected chi connectivity index (χ1v) is 6.69. The van der Waals surface area contributed by atoms with Gasteiger partial charge in [0.05, 0.1) is 11.3 Å². The molecule has 1 aromatic heterocycles. The number of nitrogens with zero attached hydrogens (tertiary/aromatic N) is 1. The van der Waals surface area contributed by atoms with Gasteiger partial charge >= 0.3 is 6.18 Å². The zero-order valence-corrected chi connectivity index (χ0v) is 12.2. The van der Waals surface area contributed by atoms with E-state index in [0.717, 1.165) is 22.3 Å². The molecular formula is C14H12BrF3N2. The number of halogens is 4. The lowest BCUT2D eigenvalue weighted by Crippen LogP contribution is -2.07. The van der Waals surface area contributed by atoms with E-state index in [0.29, 0.717) is 11.4 Å². The fourth-order valence-electron chi connectivity index (χ4n) is 1.69. The number of nitrogens with one attached hydrogen (secondary N) is 1. The van der Waals surface area contributed by atoms with Crippen LogP contribution in [0.3, 0.4) is 0 Å². The Balaban J connectivity index is 2.09. The first-order chi connectivity index (χ1) is 9.36. The Hall–Kier alpha value is -1.56. The highest BCUT2D eigenvalue weighted by Gasteiger charge is 2.30. The normalized spacial score (nSPS) is 11.4. The van der Waals surface area contributed by atoms with Gasteiger partial charge in [-0.05, 0) is 52.7 Å². The van der Waals surface area contributed by atoms with E-state index in [4.69, 9.17) is 0 Å². The molecule has 20 heavy (non-hydrogen) atoms. The predicted octanol–water partition coefficient (Wildman–Crippen LogP) is 4.78. The number of alkyl halides is 3. The lowest BCUT2D eigenvalue weighted by atomic mass is 10.1. The molecule has 1 heterocycles. The highest BCUT2D eigenvalue weighted by Crippen LogP contribution is 2.29. The summed E-state index contributed by atoms with van der Waals surface area (Å²) in [6.07, 6.45) is -4.32. The average molecular weight is 345 g/mol. The molecule has 2 aromatic rings. The second-order valence-electron chi connectivity index (χ2n) is 4.32. The molecule has 2 nitrogen and oxygen atoms in total. The summed E-state index contributed by atoms with van der Waals surface area (Å²) in [7, 11) is 0. The number of hydrogen-bond donors (Lipinski definition) is 1. The maximum absolute atomic E-state index is 12.6. The maximum Gasteiger partial charge on any atom is 0.416 e. The molecule has 0 amide bonds. The summed E-state index contributed by atoms with van der Waals surface area (Å²) in [5.74, 6) is 0.628. The molecule has 0 bridgehead atoms. The van der Waals surface area contributed by atoms with Gasteiger partial charge in [0.25, 0.3) is 0 Å². The topological polar surface area (TPSA) is 24.9 Å². The molecule has 0 spiro atoms. The van der Waals surface area contributed by atoms with Gasteiger partial charge in [0, 0.05) is 11.0 Å². The highest BCUT2D eigenvalue weighted by molar-refractivity contribution is 9.10. The van der Waals surface area contributed by atoms with Crippen molar-refractivity contribution in [2.24, 2.45) is 0 Å². The van der Waals surface area contributed by atoms with E-state index < -0.39 is 11.7 Å². The molecule has 0 aliphatic carbocycles. The molecule has 0 fully saturated rings. The summed E-state index contributed by atoms with van der Waals surface area (Å²) in [6.45, 7) is 2.14. The summed E-state index contributed by atoms with van der Waals surface area (Å²) >= 11 is 3.34. The Morgan fingerprint density at radius 1 is 1.20 bits per heavy atom. The molecule has 1 N–H and O–H groups in total. The summed E-state index contributed by atoms with van der Waals surface area (Å²) < 4.78 is 38.7. The van der Waals surface area contributed by atoms with E-state index in [1.54, 1.807) is 12.1 Å². The fourth-order valence-corrected chi connectivity index (χ4v) is 1.91. The average Bonchev–Trinajstić information content (AvgIpc) is 2.39. The van der Waals surface area contributed by atoms with Crippen molar-refractivity contribution in [3.8, 4) is 0 Å². The van der Waals surface area contributed by atoms with Crippen LogP contribution in [0.25, 0.3) is 0 Å². The van der Waals surface area contributed by atoms with Crippen LogP contribution in [-0.2, 0) is 12.7 Å². The molecule has 0 aliphatic heterocycles. The Bertz CT molecular complexity index is 612. The van der Waals surface area contributed by atoms with Crippen LogP contribution in [0.4, 0.5) is 19.0 Å². The smallest absolute Gasteiger partial charge is 0.366 e. The van der Waals surface area contributed by atoms with Crippen molar-refractivity contribution in [1.29, 1.82) is 0 Å². The van der Waals surface area contributed by atoms with Crippen LogP contribution in [0.2, 0.25) is 0 Å². The lowest BCUT2D eigenvalue weighted by molar-refractivity contribution is -0.137. The van der Waals surface area contributed by atoms with Crippen molar-refractivity contribution < 1.29 is 13.2 Å². The number of anilines is 1. The quantitative estimate of drug-likeness (QED) is 0.866. The summed E-state index contributed by atoms with van der Waals surface area (Å²) in [5.41, 5.74) is 0.734. The van der Waals surface area contributed by atoms with E-state index in [1.807, 2.05) is 13.0 Å². The minimum Gasteiger partial charge on any atom is -0.366 e. The van der Waals surface area contributed by atoms with Crippen LogP contribution in [0.15, 0.2) is 40.9 Å². The zero-order chi connectivity index (χ0) is 14.8. The van der Waals surface area contributed by atoms with E-state index in [9.17, 15) is 13.2 Å². The Kier molecular flexibility index (Phi) is 4.32. The van der Waals surface area contributed by atoms with E-state index in [1.165, 1.54) is 6.07 Å². The van der Waals surface area contributed by atoms with Crippen molar-refractivity contribution in [2.75, 3.05) is 5.32 Å². The second kappa shape index (κ2) is 5.83. The summed E-state index contributed by atoms with van der Waals surface area (Å²) in [6, 6.07) is 8.86. The Morgan fingerprint density at radius 3 is 2.60 bits per heavy atom. The maximum atomic E-state index is 12.6. The van der Waals surface area contributed by atoms with Crippen LogP contribution in [0, 0.1) is 6.92 Å². The van der Waals surface area contributed by atoms with Crippen molar-refractivity contribution >= 4 is 21.7 Å². The van der Waals surface area contributed by atoms with Crippen LogP contribution >= 0.6 is 15.9 Å². The minimum absolute atomic E-state index is 0.290. The standard InChI is InChI=1S/C14H12BrF3N2/c1-9-12(15)5-6-13(20-9)19-8-10-3-2-4-11(7-10)14(16,17)18/h2-7H,8H2,1H3,(H,19,20). The third-order valence-electron chi connectivity index (χ3n) is 2.75. The second-order valence-corrected chi connectivity index (χ2v) is 5.17. The third kappa shape index (κ3) is 3.72. The monoisotopic (exact) mass is 344 g/mol. The van der Waals surface area contributed by atoms with Crippen LogP contribution in [-0.4, -0.2) is 4.98 Å². The van der Waals surface area contributed by atoms with Gasteiger partial charge in [0.2, 0.25) is 0 Å². The van der Waals surface area contributed by atoms with Gasteiger partial charge in [-0.25, -0.2) is 4.98 Å². The van der Waals surface area contributed by atoms with Gasteiger partial charge < -0.3 is 5.32 Å². The number of benzene rings is 1. The molecule has 0 atom stereocenters. The van der Waals surface area contributed by atoms with Gasteiger partial charge in [-0.1, -0.05) is 12.1 Å². The number of aryl methyl sites for hydroxylation is 1. The molecule has 0 saturated carbocycles. The van der Waals surface area contributed by atoms with E-state index in [2.05, 4.69) is 26.2 Å². The first-order valence-electron chi connectivity index (χ1n) is 5.89. The van der Waals surface area contributed by atoms with Gasteiger partial charge in [-0.2, -0.15) is 13.2 Å². The highest BCUT2D eigenvalue weighted by atomic mass is 79.9. The molecule has 0 radical (unpaired) electrons. The van der Waals surface area contributed by atoms with Gasteiger partial charge in [-0.3, -0.25) is 0 Å². The molecule has 0 unspecified atom stereocenters. The first kappa shape index (κ1) is 14.8. The molecule has 106 valence electrons. The summed E-state index contributed by atoms with van der Waals surface area (Å²) in [5, 5.41) is 3.01. The third-order valence-corrected chi connectivity index (χ3v) is 3.59. The lowest BCUT2D eigenvalue weighted by Gasteiger charge is -2.10. The van der Waals surface area contributed by atoms with Crippen molar-refractivity contribution in [1.82, 2.24) is 4.98 Å². The molecular weight excluding hydrogens is 333 g/mol. The summed E-state index contributed by atoms with van der Waals surface area (Å²) in [4.78, 5) is 4.28. The zero-order valence-electron chi connectivity index (χ0n) is 10.6. The molecule has 1 aromatic carbocycles. The van der Waals surface area contributed by atoms with Crippen LogP contribution in [0.1, 0.15) is 16.8 Å². The van der Waals surface area contributed by atoms with Crippen LogP contribution in [0.5, 0.6) is 0 Å². The van der Waals surface area contributed by atoms with Gasteiger partial charge in [0.1, 0.15) is 5.82 Å². The molecule has 2 rings (SSSR count). The van der Waals surface area contributed by atoms with Gasteiger partial charge in [0.15, 0.2) is 0 Å². The number of aromatic nitrogens is 1. The fraction of sp³-hybridized carbons (Fsp3) is 0.214. The largest absolute Gasteiger partial charge is 0.416 e. The predicted molar refractivity (Wildman–Crippen MR) is 75.4 cm³/mol. The number of hydrogen-bond acceptors (Lipinski definition) is 2. The molecule has 0 saturated heterocycles. The minimum atomic E-state index is -4.32. The van der Waals surface area contributed by atoms with E-state index in [-0.39, 0.29) is 6.54 Å². The Labute approximate surface area is 123 Å². The molecule has 0 aliphatic rings. The van der Waals surface area contributed by atoms with Crippen molar-refractivity contribution in [3.05, 3.63) is 57.7 Å². The molecule has 6 heteroatoms. The Morgan fingerprint density at radius 2 is 1.95 bits per heavy atom. The van der Waals surface area contributed by atoms with Crippen molar-refractivity contribution in [3.63, 3.8) is 0 Å². The van der Waals surface area contributed by atoms with Crippen LogP contribution < -0.4 is 5.32 Å². The SMILES string of the molecule is Cc1nc(NCc2cccc(C(F)(F)F)c2)ccc1Br. The van der Waals surface area contributed by atoms with Gasteiger partial charge in [-0.15, -0.1) is 0 Å². The van der Waals surface area contributed by atoms with Crippen molar-refractivity contribution in [2.45, 2.75) is 19.6 Å².